The second kappa shape index (κ2) is 6.64. The van der Waals surface area contributed by atoms with E-state index >= 15 is 0 Å². The number of aryl methyl sites for hydroxylation is 1. The van der Waals surface area contributed by atoms with Gasteiger partial charge < -0.3 is 9.30 Å². The molecule has 0 aliphatic carbocycles. The normalized spacial score (nSPS) is 18.5. The Bertz CT molecular complexity index is 784. The molecule has 1 aliphatic heterocycles. The molecule has 142 valence electrons. The molecule has 0 N–H and O–H groups in total. The van der Waals surface area contributed by atoms with Crippen molar-refractivity contribution >= 4 is 0 Å². The Morgan fingerprint density at radius 3 is 2.35 bits per heavy atom. The first-order valence-corrected chi connectivity index (χ1v) is 8.14. The van der Waals surface area contributed by atoms with Gasteiger partial charge in [0, 0.05) is 30.1 Å². The van der Waals surface area contributed by atoms with Crippen LogP contribution in [0.15, 0.2) is 30.3 Å². The van der Waals surface area contributed by atoms with Gasteiger partial charge in [0.25, 0.3) is 0 Å². The molecule has 0 bridgehead atoms. The van der Waals surface area contributed by atoms with Crippen molar-refractivity contribution in [2.45, 2.75) is 44.8 Å². The zero-order valence-electron chi connectivity index (χ0n) is 13.9. The number of alkyl halides is 6. The van der Waals surface area contributed by atoms with Crippen LogP contribution in [-0.4, -0.2) is 17.3 Å². The van der Waals surface area contributed by atoms with E-state index in [9.17, 15) is 26.3 Å². The van der Waals surface area contributed by atoms with E-state index in [2.05, 4.69) is 0 Å². The van der Waals surface area contributed by atoms with Gasteiger partial charge in [0.2, 0.25) is 0 Å². The highest BCUT2D eigenvalue weighted by Gasteiger charge is 2.38. The van der Waals surface area contributed by atoms with Crippen LogP contribution < -0.4 is 0 Å². The Hall–Kier alpha value is -1.96. The maximum absolute atomic E-state index is 13.4. The van der Waals surface area contributed by atoms with Crippen LogP contribution in [0.25, 0.3) is 11.3 Å². The molecule has 1 fully saturated rings. The summed E-state index contributed by atoms with van der Waals surface area (Å²) in [5.41, 5.74) is -1.89. The minimum absolute atomic E-state index is 0.108. The van der Waals surface area contributed by atoms with Gasteiger partial charge in [-0.2, -0.15) is 26.3 Å². The monoisotopic (exact) mass is 377 g/mol. The third-order valence-electron chi connectivity index (χ3n) is 4.54. The Labute approximate surface area is 146 Å². The van der Waals surface area contributed by atoms with Crippen molar-refractivity contribution in [3.8, 4) is 11.3 Å². The van der Waals surface area contributed by atoms with E-state index in [1.807, 2.05) is 0 Å². The molecule has 8 heteroatoms. The summed E-state index contributed by atoms with van der Waals surface area (Å²) in [6.45, 7) is 2.60. The van der Waals surface area contributed by atoms with Crippen LogP contribution in [0.4, 0.5) is 26.3 Å². The highest BCUT2D eigenvalue weighted by atomic mass is 19.4. The van der Waals surface area contributed by atoms with Gasteiger partial charge in [-0.3, -0.25) is 0 Å². The fraction of sp³-hybridized carbons (Fsp3) is 0.444. The Balaban J connectivity index is 2.13. The number of nitrogens with zero attached hydrogens (tertiary/aromatic N) is 1. The summed E-state index contributed by atoms with van der Waals surface area (Å²) in [6.07, 6.45) is -8.00. The van der Waals surface area contributed by atoms with Crippen molar-refractivity contribution in [3.63, 3.8) is 0 Å². The van der Waals surface area contributed by atoms with Crippen molar-refractivity contribution in [1.82, 2.24) is 4.57 Å². The second-order valence-electron chi connectivity index (χ2n) is 6.36. The third-order valence-corrected chi connectivity index (χ3v) is 4.54. The molecular formula is C18H17F6NO. The minimum Gasteiger partial charge on any atom is -0.376 e. The van der Waals surface area contributed by atoms with Gasteiger partial charge in [-0.05, 0) is 50.1 Å². The molecule has 0 spiro atoms. The molecule has 0 radical (unpaired) electrons. The maximum atomic E-state index is 13.4. The van der Waals surface area contributed by atoms with Crippen molar-refractivity contribution in [2.24, 2.45) is 0 Å². The van der Waals surface area contributed by atoms with Gasteiger partial charge in [-0.15, -0.1) is 0 Å². The molecule has 1 aromatic heterocycles. The summed E-state index contributed by atoms with van der Waals surface area (Å²) in [4.78, 5) is 0. The highest BCUT2D eigenvalue weighted by molar-refractivity contribution is 5.67. The van der Waals surface area contributed by atoms with Crippen LogP contribution in [0.2, 0.25) is 0 Å². The van der Waals surface area contributed by atoms with Gasteiger partial charge >= 0.3 is 12.4 Å². The number of hydrogen-bond acceptors (Lipinski definition) is 1. The molecular weight excluding hydrogens is 360 g/mol. The largest absolute Gasteiger partial charge is 0.417 e. The lowest BCUT2D eigenvalue weighted by Crippen LogP contribution is -2.18. The fourth-order valence-electron chi connectivity index (χ4n) is 3.22. The molecule has 2 aromatic rings. The van der Waals surface area contributed by atoms with Crippen molar-refractivity contribution in [2.75, 3.05) is 6.61 Å². The molecule has 1 aromatic carbocycles. The molecule has 1 atom stereocenters. The molecule has 1 saturated heterocycles. The van der Waals surface area contributed by atoms with Crippen LogP contribution in [0.5, 0.6) is 0 Å². The molecule has 0 amide bonds. The topological polar surface area (TPSA) is 14.2 Å². The zero-order chi connectivity index (χ0) is 19.1. The summed E-state index contributed by atoms with van der Waals surface area (Å²) in [5.74, 6) is 0. The predicted octanol–water partition coefficient (Wildman–Crippen LogP) is 5.68. The van der Waals surface area contributed by atoms with E-state index < -0.39 is 29.0 Å². The van der Waals surface area contributed by atoms with Crippen molar-refractivity contribution < 1.29 is 31.1 Å². The second-order valence-corrected chi connectivity index (χ2v) is 6.36. The number of hydrogen-bond donors (Lipinski definition) is 0. The number of ether oxygens (including phenoxy) is 1. The first-order valence-electron chi connectivity index (χ1n) is 8.14. The van der Waals surface area contributed by atoms with E-state index in [0.29, 0.717) is 37.0 Å². The quantitative estimate of drug-likeness (QED) is 0.628. The van der Waals surface area contributed by atoms with Gasteiger partial charge in [0.05, 0.1) is 17.2 Å². The van der Waals surface area contributed by atoms with E-state index in [1.165, 1.54) is 6.07 Å². The van der Waals surface area contributed by atoms with Crippen LogP contribution in [-0.2, 0) is 23.6 Å². The van der Waals surface area contributed by atoms with Crippen LogP contribution in [0, 0.1) is 6.92 Å². The third kappa shape index (κ3) is 3.75. The van der Waals surface area contributed by atoms with Crippen molar-refractivity contribution in [1.29, 1.82) is 0 Å². The van der Waals surface area contributed by atoms with Gasteiger partial charge in [-0.25, -0.2) is 0 Å². The molecule has 0 saturated carbocycles. The summed E-state index contributed by atoms with van der Waals surface area (Å²) < 4.78 is 86.4. The Kier molecular flexibility index (Phi) is 4.81. The van der Waals surface area contributed by atoms with E-state index in [4.69, 9.17) is 4.74 Å². The van der Waals surface area contributed by atoms with Crippen LogP contribution in [0.3, 0.4) is 0 Å². The van der Waals surface area contributed by atoms with Crippen LogP contribution in [0.1, 0.15) is 29.7 Å². The summed E-state index contributed by atoms with van der Waals surface area (Å²) >= 11 is 0. The summed E-state index contributed by atoms with van der Waals surface area (Å²) in [5, 5.41) is 0. The number of benzene rings is 1. The van der Waals surface area contributed by atoms with E-state index in [-0.39, 0.29) is 11.8 Å². The van der Waals surface area contributed by atoms with Gasteiger partial charge in [-0.1, -0.05) is 0 Å². The Morgan fingerprint density at radius 2 is 1.77 bits per heavy atom. The van der Waals surface area contributed by atoms with Gasteiger partial charge in [0.1, 0.15) is 0 Å². The molecule has 26 heavy (non-hydrogen) atoms. The summed E-state index contributed by atoms with van der Waals surface area (Å²) in [6, 6.07) is 4.56. The first kappa shape index (κ1) is 18.8. The number of rotatable bonds is 3. The van der Waals surface area contributed by atoms with Gasteiger partial charge in [0.15, 0.2) is 0 Å². The van der Waals surface area contributed by atoms with Crippen molar-refractivity contribution in [3.05, 3.63) is 47.2 Å². The molecule has 0 unspecified atom stereocenters. The smallest absolute Gasteiger partial charge is 0.376 e. The number of aromatic nitrogens is 1. The molecule has 3 rings (SSSR count). The lowest BCUT2D eigenvalue weighted by atomic mass is 10.00. The van der Waals surface area contributed by atoms with E-state index in [1.54, 1.807) is 17.6 Å². The predicted molar refractivity (Wildman–Crippen MR) is 83.6 cm³/mol. The lowest BCUT2D eigenvalue weighted by molar-refractivity contribution is -0.141. The minimum atomic E-state index is -4.76. The SMILES string of the molecule is Cc1ccc(-c2cc(C(F)(F)F)ccc2C(F)(F)F)n1C[C@H]1CCCO1. The lowest BCUT2D eigenvalue weighted by Gasteiger charge is -2.20. The molecule has 2 heterocycles. The zero-order valence-corrected chi connectivity index (χ0v) is 13.9. The first-order chi connectivity index (χ1) is 12.1. The molecule has 2 nitrogen and oxygen atoms in total. The molecule has 1 aliphatic rings. The average molecular weight is 377 g/mol. The maximum Gasteiger partial charge on any atom is 0.417 e. The fourth-order valence-corrected chi connectivity index (χ4v) is 3.22. The Morgan fingerprint density at radius 1 is 1.04 bits per heavy atom. The average Bonchev–Trinajstić information content (AvgIpc) is 3.16. The number of halogens is 6. The standard InChI is InChI=1S/C18H17F6NO/c1-11-4-7-16(25(11)10-13-3-2-8-26-13)14-9-12(17(19,20)21)5-6-15(14)18(22,23)24/h4-7,9,13H,2-3,8,10H2,1H3/t13-/m1/s1. The van der Waals surface area contributed by atoms with E-state index in [0.717, 1.165) is 12.8 Å². The summed E-state index contributed by atoms with van der Waals surface area (Å²) in [7, 11) is 0. The van der Waals surface area contributed by atoms with Crippen LogP contribution >= 0.6 is 0 Å². The highest BCUT2D eigenvalue weighted by Crippen LogP contribution is 2.41.